The number of aromatic nitrogens is 6. The summed E-state index contributed by atoms with van der Waals surface area (Å²) in [5.74, 6) is 1.50. The van der Waals surface area contributed by atoms with Crippen LogP contribution in [0.2, 0.25) is 0 Å². The first kappa shape index (κ1) is 36.2. The van der Waals surface area contributed by atoms with Gasteiger partial charge in [0.1, 0.15) is 11.7 Å². The Kier molecular flexibility index (Phi) is 7.59. The van der Waals surface area contributed by atoms with Gasteiger partial charge in [-0.1, -0.05) is 127 Å². The molecule has 0 atom stereocenters. The Balaban J connectivity index is 0.992. The Labute approximate surface area is 376 Å². The third-order valence-electron chi connectivity index (χ3n) is 13.1. The maximum absolute atomic E-state index is 11.1. The summed E-state index contributed by atoms with van der Waals surface area (Å²) in [5, 5.41) is 19.8. The molecule has 0 spiro atoms. The quantitative estimate of drug-likeness (QED) is 0.172. The topological polar surface area (TPSA) is 90.4 Å². The lowest BCUT2D eigenvalue weighted by Crippen LogP contribution is -2.06. The molecule has 0 aliphatic heterocycles. The molecule has 306 valence electrons. The van der Waals surface area contributed by atoms with Gasteiger partial charge in [-0.05, 0) is 66.7 Å². The van der Waals surface area contributed by atoms with Gasteiger partial charge in [-0.15, -0.1) is 0 Å². The number of hydrogen-bond donors (Lipinski definition) is 0. The molecule has 66 heavy (non-hydrogen) atoms. The summed E-state index contributed by atoms with van der Waals surface area (Å²) in [6, 6.07) is 71.3. The van der Waals surface area contributed by atoms with Gasteiger partial charge < -0.3 is 13.6 Å². The Hall–Kier alpha value is -9.32. The summed E-state index contributed by atoms with van der Waals surface area (Å²) in [5.41, 5.74) is 11.5. The Morgan fingerprint density at radius 2 is 0.939 bits per heavy atom. The third-order valence-corrected chi connectivity index (χ3v) is 13.1. The smallest absolute Gasteiger partial charge is 0.238 e. The van der Waals surface area contributed by atoms with Crippen LogP contribution in [0.15, 0.2) is 205 Å². The molecule has 8 heteroatoms. The molecule has 14 aromatic rings. The van der Waals surface area contributed by atoms with Crippen LogP contribution in [0.3, 0.4) is 0 Å². The molecular weight excluding hydrogens is 811 g/mol. The molecule has 14 rings (SSSR count). The molecule has 0 amide bonds. The van der Waals surface area contributed by atoms with Crippen molar-refractivity contribution in [3.63, 3.8) is 0 Å². The van der Waals surface area contributed by atoms with E-state index in [0.717, 1.165) is 98.9 Å². The minimum atomic E-state index is 0.463. The van der Waals surface area contributed by atoms with Crippen molar-refractivity contribution in [2.75, 3.05) is 0 Å². The molecule has 0 saturated heterocycles. The van der Waals surface area contributed by atoms with Crippen molar-refractivity contribution in [3.8, 4) is 46.2 Å². The number of rotatable bonds is 5. The number of fused-ring (bicyclic) bond motifs is 13. The fourth-order valence-corrected chi connectivity index (χ4v) is 10.3. The summed E-state index contributed by atoms with van der Waals surface area (Å²) in [7, 11) is 0. The van der Waals surface area contributed by atoms with E-state index in [-0.39, 0.29) is 0 Å². The molecule has 0 aliphatic carbocycles. The molecule has 0 unspecified atom stereocenters. The molecule has 8 nitrogen and oxygen atoms in total. The number of benzene rings is 9. The second kappa shape index (κ2) is 13.8. The van der Waals surface area contributed by atoms with Crippen LogP contribution in [0.4, 0.5) is 0 Å². The minimum absolute atomic E-state index is 0.463. The predicted octanol–water partition coefficient (Wildman–Crippen LogP) is 14.3. The van der Waals surface area contributed by atoms with Crippen molar-refractivity contribution in [3.05, 3.63) is 206 Å². The average Bonchev–Trinajstić information content (AvgIpc) is 4.12. The van der Waals surface area contributed by atoms with Crippen LogP contribution >= 0.6 is 0 Å². The fourth-order valence-electron chi connectivity index (χ4n) is 10.3. The molecular formula is C58H33N7O. The molecule has 5 heterocycles. The van der Waals surface area contributed by atoms with E-state index in [4.69, 9.17) is 19.4 Å². The Bertz CT molecular complexity index is 4310. The van der Waals surface area contributed by atoms with Crippen LogP contribution in [0, 0.1) is 11.3 Å². The van der Waals surface area contributed by atoms with E-state index >= 15 is 0 Å². The highest BCUT2D eigenvalue weighted by Gasteiger charge is 2.24. The van der Waals surface area contributed by atoms with Gasteiger partial charge in [-0.25, -0.2) is 4.98 Å². The lowest BCUT2D eigenvalue weighted by atomic mass is 10.1. The Morgan fingerprint density at radius 3 is 1.61 bits per heavy atom. The fraction of sp³-hybridized carbons (Fsp3) is 0. The van der Waals surface area contributed by atoms with Gasteiger partial charge in [0.25, 0.3) is 0 Å². The van der Waals surface area contributed by atoms with E-state index in [1.165, 1.54) is 5.39 Å². The van der Waals surface area contributed by atoms with Crippen LogP contribution in [0.5, 0.6) is 0 Å². The zero-order valence-corrected chi connectivity index (χ0v) is 35.1. The van der Waals surface area contributed by atoms with Crippen LogP contribution in [0.25, 0.3) is 127 Å². The molecule has 0 aliphatic rings. The van der Waals surface area contributed by atoms with Crippen molar-refractivity contribution in [1.29, 1.82) is 5.26 Å². The summed E-state index contributed by atoms with van der Waals surface area (Å²) in [6.07, 6.45) is 0. The van der Waals surface area contributed by atoms with Gasteiger partial charge in [0.05, 0.1) is 44.4 Å². The normalized spacial score (nSPS) is 11.9. The van der Waals surface area contributed by atoms with Gasteiger partial charge in [-0.3, -0.25) is 4.57 Å². The second-order valence-corrected chi connectivity index (χ2v) is 16.7. The summed E-state index contributed by atoms with van der Waals surface area (Å²) >= 11 is 0. The van der Waals surface area contributed by atoms with Gasteiger partial charge >= 0.3 is 0 Å². The number of para-hydroxylation sites is 5. The first-order valence-corrected chi connectivity index (χ1v) is 21.9. The van der Waals surface area contributed by atoms with Crippen LogP contribution in [-0.2, 0) is 0 Å². The zero-order valence-electron chi connectivity index (χ0n) is 35.1. The molecule has 0 fully saturated rings. The summed E-state index contributed by atoms with van der Waals surface area (Å²) in [6.45, 7) is 0. The molecule has 0 saturated carbocycles. The summed E-state index contributed by atoms with van der Waals surface area (Å²) < 4.78 is 13.6. The van der Waals surface area contributed by atoms with Crippen LogP contribution in [0.1, 0.15) is 5.56 Å². The van der Waals surface area contributed by atoms with Crippen molar-refractivity contribution in [2.45, 2.75) is 0 Å². The van der Waals surface area contributed by atoms with E-state index in [9.17, 15) is 5.26 Å². The number of nitriles is 1. The van der Waals surface area contributed by atoms with Gasteiger partial charge in [0.2, 0.25) is 5.95 Å². The zero-order chi connectivity index (χ0) is 43.5. The van der Waals surface area contributed by atoms with E-state index in [0.29, 0.717) is 28.7 Å². The molecule has 5 aromatic heterocycles. The highest BCUT2D eigenvalue weighted by molar-refractivity contribution is 6.24. The largest absolute Gasteiger partial charge is 0.454 e. The van der Waals surface area contributed by atoms with Crippen LogP contribution in [-0.4, -0.2) is 28.7 Å². The monoisotopic (exact) mass is 843 g/mol. The van der Waals surface area contributed by atoms with Crippen molar-refractivity contribution in [1.82, 2.24) is 28.7 Å². The number of nitrogens with zero attached hydrogens (tertiary/aromatic N) is 7. The van der Waals surface area contributed by atoms with E-state index in [1.807, 2.05) is 72.8 Å². The summed E-state index contributed by atoms with van der Waals surface area (Å²) in [4.78, 5) is 15.3. The molecule has 0 radical (unpaired) electrons. The average molecular weight is 844 g/mol. The molecule has 9 aromatic carbocycles. The third kappa shape index (κ3) is 5.16. The van der Waals surface area contributed by atoms with Crippen molar-refractivity contribution >= 4 is 87.4 Å². The van der Waals surface area contributed by atoms with Crippen molar-refractivity contribution < 1.29 is 4.42 Å². The second-order valence-electron chi connectivity index (χ2n) is 16.7. The SMILES string of the molecule is N#Cc1cc(-c2nc(-c3ccccc3)nc(-n3c4ccccc4c4ccccc43)n2)ccc1-n1c2ccccc2c2ccc3c4cc5c6ccccc6n(-c6ccccc6)c5cc4oc3c21. The highest BCUT2D eigenvalue weighted by Crippen LogP contribution is 2.44. The molecule has 0 bridgehead atoms. The van der Waals surface area contributed by atoms with E-state index in [2.05, 4.69) is 147 Å². The first-order chi connectivity index (χ1) is 32.7. The van der Waals surface area contributed by atoms with E-state index in [1.54, 1.807) is 0 Å². The Morgan fingerprint density at radius 1 is 0.394 bits per heavy atom. The van der Waals surface area contributed by atoms with Crippen molar-refractivity contribution in [2.24, 2.45) is 0 Å². The first-order valence-electron chi connectivity index (χ1n) is 21.9. The van der Waals surface area contributed by atoms with Gasteiger partial charge in [-0.2, -0.15) is 15.2 Å². The van der Waals surface area contributed by atoms with Crippen LogP contribution < -0.4 is 0 Å². The lowest BCUT2D eigenvalue weighted by Gasteiger charge is -2.13. The maximum atomic E-state index is 11.1. The van der Waals surface area contributed by atoms with Gasteiger partial charge in [0.15, 0.2) is 17.2 Å². The van der Waals surface area contributed by atoms with E-state index < -0.39 is 0 Å². The standard InChI is InChI=1S/C58H33N7O/c59-34-37-31-36(57-60-56(35-15-3-1-4-16-35)61-58(62-57)65-50-25-13-7-19-39(50)40-20-8-14-26-51(40)65)27-30-47(37)64-49-24-12-9-21-41(49)43-28-29-44-46-32-45-42-22-10-11-23-48(42)63(38-17-5-2-6-18-38)52(45)33-53(46)66-55(44)54(43)64/h1-33H. The predicted molar refractivity (Wildman–Crippen MR) is 266 cm³/mol. The number of hydrogen-bond acceptors (Lipinski definition) is 5. The highest BCUT2D eigenvalue weighted by atomic mass is 16.3. The molecule has 0 N–H and O–H groups in total. The lowest BCUT2D eigenvalue weighted by molar-refractivity contribution is 0.671. The number of furan rings is 1. The maximum Gasteiger partial charge on any atom is 0.238 e. The minimum Gasteiger partial charge on any atom is -0.454 e. The van der Waals surface area contributed by atoms with Gasteiger partial charge in [0, 0.05) is 66.0 Å².